The molecule has 0 fully saturated rings. The number of nitrogens with zero attached hydrogens (tertiary/aromatic N) is 1. The highest BCUT2D eigenvalue weighted by atomic mass is 19.1. The molecule has 0 aliphatic rings. The van der Waals surface area contributed by atoms with Gasteiger partial charge in [-0.1, -0.05) is 24.3 Å². The van der Waals surface area contributed by atoms with Crippen molar-refractivity contribution in [1.29, 1.82) is 0 Å². The lowest BCUT2D eigenvalue weighted by Gasteiger charge is -2.28. The number of amides is 1. The standard InChI is InChI=1S/C18H19F2NO2/c1-12(16-9-4-5-10-17(16)20)21(3)18(22)13(2)23-15-8-6-7-14(19)11-15/h4-13H,1-3H3. The van der Waals surface area contributed by atoms with Crippen molar-refractivity contribution in [3.05, 3.63) is 65.7 Å². The minimum Gasteiger partial charge on any atom is -0.481 e. The maximum atomic E-state index is 13.8. The van der Waals surface area contributed by atoms with Gasteiger partial charge in [0.1, 0.15) is 17.4 Å². The first-order valence-corrected chi connectivity index (χ1v) is 7.33. The van der Waals surface area contributed by atoms with Crippen LogP contribution < -0.4 is 4.74 Å². The molecular formula is C18H19F2NO2. The van der Waals surface area contributed by atoms with Gasteiger partial charge in [0.15, 0.2) is 6.10 Å². The average Bonchev–Trinajstić information content (AvgIpc) is 2.53. The lowest BCUT2D eigenvalue weighted by molar-refractivity contribution is -0.138. The zero-order chi connectivity index (χ0) is 17.0. The lowest BCUT2D eigenvalue weighted by atomic mass is 10.1. The summed E-state index contributed by atoms with van der Waals surface area (Å²) in [5.41, 5.74) is 0.432. The zero-order valence-corrected chi connectivity index (χ0v) is 13.3. The molecule has 3 nitrogen and oxygen atoms in total. The summed E-state index contributed by atoms with van der Waals surface area (Å²) in [6.07, 6.45) is -0.809. The Balaban J connectivity index is 2.08. The van der Waals surface area contributed by atoms with Gasteiger partial charge in [0, 0.05) is 18.7 Å². The molecule has 2 aromatic carbocycles. The Kier molecular flexibility index (Phi) is 5.32. The number of ether oxygens (including phenoxy) is 1. The Labute approximate surface area is 134 Å². The van der Waals surface area contributed by atoms with Gasteiger partial charge in [-0.15, -0.1) is 0 Å². The Morgan fingerprint density at radius 2 is 1.78 bits per heavy atom. The van der Waals surface area contributed by atoms with Crippen LogP contribution >= 0.6 is 0 Å². The molecule has 1 amide bonds. The first kappa shape index (κ1) is 16.9. The van der Waals surface area contributed by atoms with Crippen molar-refractivity contribution in [2.24, 2.45) is 0 Å². The van der Waals surface area contributed by atoms with E-state index >= 15 is 0 Å². The molecule has 0 aromatic heterocycles. The number of hydrogen-bond acceptors (Lipinski definition) is 2. The monoisotopic (exact) mass is 319 g/mol. The molecule has 2 aromatic rings. The molecule has 2 unspecified atom stereocenters. The van der Waals surface area contributed by atoms with Crippen molar-refractivity contribution >= 4 is 5.91 Å². The van der Waals surface area contributed by atoms with Gasteiger partial charge in [0.2, 0.25) is 0 Å². The third kappa shape index (κ3) is 4.06. The topological polar surface area (TPSA) is 29.5 Å². The van der Waals surface area contributed by atoms with Gasteiger partial charge < -0.3 is 9.64 Å². The second-order valence-corrected chi connectivity index (χ2v) is 5.36. The molecule has 0 aliphatic carbocycles. The molecule has 0 N–H and O–H groups in total. The lowest BCUT2D eigenvalue weighted by Crippen LogP contribution is -2.39. The van der Waals surface area contributed by atoms with Crippen LogP contribution in [0.2, 0.25) is 0 Å². The first-order chi connectivity index (χ1) is 10.9. The summed E-state index contributed by atoms with van der Waals surface area (Å²) >= 11 is 0. The van der Waals surface area contributed by atoms with E-state index in [0.717, 1.165) is 0 Å². The fourth-order valence-corrected chi connectivity index (χ4v) is 2.30. The SMILES string of the molecule is CC(Oc1cccc(F)c1)C(=O)N(C)C(C)c1ccccc1F. The highest BCUT2D eigenvalue weighted by Crippen LogP contribution is 2.23. The molecule has 2 rings (SSSR count). The third-order valence-electron chi connectivity index (χ3n) is 3.74. The molecule has 0 saturated heterocycles. The highest BCUT2D eigenvalue weighted by molar-refractivity contribution is 5.81. The predicted molar refractivity (Wildman–Crippen MR) is 84.1 cm³/mol. The number of benzene rings is 2. The Hall–Kier alpha value is -2.43. The molecule has 0 heterocycles. The van der Waals surface area contributed by atoms with Gasteiger partial charge in [-0.25, -0.2) is 8.78 Å². The third-order valence-corrected chi connectivity index (χ3v) is 3.74. The minimum absolute atomic E-state index is 0.276. The van der Waals surface area contributed by atoms with Crippen LogP contribution in [0.15, 0.2) is 48.5 Å². The molecule has 0 aliphatic heterocycles. The molecule has 0 bridgehead atoms. The van der Waals surface area contributed by atoms with E-state index in [0.29, 0.717) is 5.56 Å². The van der Waals surface area contributed by atoms with E-state index in [1.54, 1.807) is 45.2 Å². The molecule has 122 valence electrons. The summed E-state index contributed by atoms with van der Waals surface area (Å²) in [5, 5.41) is 0. The normalized spacial score (nSPS) is 13.3. The van der Waals surface area contributed by atoms with Crippen LogP contribution in [0.5, 0.6) is 5.75 Å². The smallest absolute Gasteiger partial charge is 0.263 e. The van der Waals surface area contributed by atoms with Crippen LogP contribution in [-0.4, -0.2) is 24.0 Å². The van der Waals surface area contributed by atoms with Crippen molar-refractivity contribution < 1.29 is 18.3 Å². The van der Waals surface area contributed by atoms with Gasteiger partial charge in [-0.3, -0.25) is 4.79 Å². The predicted octanol–water partition coefficient (Wildman–Crippen LogP) is 3.95. The van der Waals surface area contributed by atoms with Crippen molar-refractivity contribution in [1.82, 2.24) is 4.90 Å². The van der Waals surface area contributed by atoms with Crippen molar-refractivity contribution in [3.8, 4) is 5.75 Å². The second kappa shape index (κ2) is 7.22. The summed E-state index contributed by atoms with van der Waals surface area (Å²) in [6.45, 7) is 3.32. The van der Waals surface area contributed by atoms with E-state index < -0.39 is 18.0 Å². The summed E-state index contributed by atoms with van der Waals surface area (Å²) < 4.78 is 32.5. The summed E-state index contributed by atoms with van der Waals surface area (Å²) in [5.74, 6) is -0.837. The second-order valence-electron chi connectivity index (χ2n) is 5.36. The van der Waals surface area contributed by atoms with Crippen LogP contribution in [-0.2, 0) is 4.79 Å². The largest absolute Gasteiger partial charge is 0.481 e. The maximum absolute atomic E-state index is 13.8. The molecule has 23 heavy (non-hydrogen) atoms. The molecule has 5 heteroatoms. The molecule has 0 radical (unpaired) electrons. The van der Waals surface area contributed by atoms with Gasteiger partial charge in [0.05, 0.1) is 6.04 Å². The number of likely N-dealkylation sites (N-methyl/N-ethyl adjacent to an activating group) is 1. The van der Waals surface area contributed by atoms with Gasteiger partial charge in [0.25, 0.3) is 5.91 Å². The minimum atomic E-state index is -0.809. The number of rotatable bonds is 5. The zero-order valence-electron chi connectivity index (χ0n) is 13.3. The van der Waals surface area contributed by atoms with E-state index in [1.165, 1.54) is 29.2 Å². The van der Waals surface area contributed by atoms with E-state index in [4.69, 9.17) is 4.74 Å². The van der Waals surface area contributed by atoms with Gasteiger partial charge in [-0.2, -0.15) is 0 Å². The average molecular weight is 319 g/mol. The quantitative estimate of drug-likeness (QED) is 0.835. The maximum Gasteiger partial charge on any atom is 0.263 e. The molecule has 2 atom stereocenters. The summed E-state index contributed by atoms with van der Waals surface area (Å²) in [4.78, 5) is 13.9. The van der Waals surface area contributed by atoms with E-state index in [1.807, 2.05) is 0 Å². The van der Waals surface area contributed by atoms with Crippen LogP contribution in [0.1, 0.15) is 25.5 Å². The summed E-state index contributed by atoms with van der Waals surface area (Å²) in [6, 6.07) is 11.5. The Bertz CT molecular complexity index is 690. The number of carbonyl (C=O) groups excluding carboxylic acids is 1. The van der Waals surface area contributed by atoms with Crippen LogP contribution in [0, 0.1) is 11.6 Å². The summed E-state index contributed by atoms with van der Waals surface area (Å²) in [7, 11) is 1.59. The number of hydrogen-bond donors (Lipinski definition) is 0. The van der Waals surface area contributed by atoms with Crippen molar-refractivity contribution in [2.75, 3.05) is 7.05 Å². The Morgan fingerprint density at radius 1 is 1.09 bits per heavy atom. The molecule has 0 saturated carbocycles. The van der Waals surface area contributed by atoms with E-state index in [-0.39, 0.29) is 17.5 Å². The van der Waals surface area contributed by atoms with E-state index in [2.05, 4.69) is 0 Å². The van der Waals surface area contributed by atoms with Crippen molar-refractivity contribution in [2.45, 2.75) is 26.0 Å². The van der Waals surface area contributed by atoms with Gasteiger partial charge in [-0.05, 0) is 32.0 Å². The van der Waals surface area contributed by atoms with Gasteiger partial charge >= 0.3 is 0 Å². The highest BCUT2D eigenvalue weighted by Gasteiger charge is 2.25. The van der Waals surface area contributed by atoms with Crippen LogP contribution in [0.25, 0.3) is 0 Å². The fraction of sp³-hybridized carbons (Fsp3) is 0.278. The molecule has 0 spiro atoms. The first-order valence-electron chi connectivity index (χ1n) is 7.33. The van der Waals surface area contributed by atoms with Crippen molar-refractivity contribution in [3.63, 3.8) is 0 Å². The number of halogens is 2. The van der Waals surface area contributed by atoms with Crippen LogP contribution in [0.4, 0.5) is 8.78 Å². The molecular weight excluding hydrogens is 300 g/mol. The fourth-order valence-electron chi connectivity index (χ4n) is 2.30. The Morgan fingerprint density at radius 3 is 2.43 bits per heavy atom. The number of carbonyl (C=O) groups is 1. The van der Waals surface area contributed by atoms with E-state index in [9.17, 15) is 13.6 Å². The van der Waals surface area contributed by atoms with Crippen LogP contribution in [0.3, 0.4) is 0 Å².